The number of methoxy groups -OCH3 is 1. The quantitative estimate of drug-likeness (QED) is 0.660. The first-order valence-corrected chi connectivity index (χ1v) is 10.6. The van der Waals surface area contributed by atoms with E-state index in [0.29, 0.717) is 24.4 Å². The Labute approximate surface area is 161 Å². The second kappa shape index (κ2) is 9.53. The number of sulfonamides is 1. The lowest BCUT2D eigenvalue weighted by molar-refractivity contribution is -0.131. The van der Waals surface area contributed by atoms with E-state index in [4.69, 9.17) is 4.74 Å². The molecule has 0 aliphatic heterocycles. The molecule has 1 amide bonds. The number of rotatable bonds is 9. The van der Waals surface area contributed by atoms with Crippen LogP contribution >= 0.6 is 0 Å². The Morgan fingerprint density at radius 3 is 2.22 bits per heavy atom. The molecule has 0 fully saturated rings. The highest BCUT2D eigenvalue weighted by Crippen LogP contribution is 2.20. The van der Waals surface area contributed by atoms with E-state index in [1.807, 2.05) is 49.4 Å². The normalized spacial score (nSPS) is 11.4. The van der Waals surface area contributed by atoms with Crippen molar-refractivity contribution >= 4 is 15.9 Å². The van der Waals surface area contributed by atoms with Gasteiger partial charge in [-0.15, -0.1) is 0 Å². The smallest absolute Gasteiger partial charge is 0.238 e. The molecule has 2 aromatic rings. The summed E-state index contributed by atoms with van der Waals surface area (Å²) in [7, 11) is -2.03. The predicted molar refractivity (Wildman–Crippen MR) is 106 cm³/mol. The molecule has 0 saturated carbocycles. The van der Waals surface area contributed by atoms with Crippen molar-refractivity contribution in [3.05, 3.63) is 65.7 Å². The minimum atomic E-state index is -3.57. The molecule has 0 N–H and O–H groups in total. The van der Waals surface area contributed by atoms with E-state index < -0.39 is 10.0 Å². The third-order valence-corrected chi connectivity index (χ3v) is 5.47. The maximum absolute atomic E-state index is 12.8. The third-order valence-electron chi connectivity index (χ3n) is 4.27. The van der Waals surface area contributed by atoms with Crippen molar-refractivity contribution in [3.8, 4) is 5.75 Å². The van der Waals surface area contributed by atoms with Crippen molar-refractivity contribution < 1.29 is 17.9 Å². The van der Waals surface area contributed by atoms with Crippen LogP contribution in [0.5, 0.6) is 5.75 Å². The number of likely N-dealkylation sites (N-methyl/N-ethyl adjacent to an activating group) is 1. The molecule has 146 valence electrons. The summed E-state index contributed by atoms with van der Waals surface area (Å²) in [5.74, 6) is 0.358. The van der Waals surface area contributed by atoms with Crippen LogP contribution in [0.1, 0.15) is 18.1 Å². The van der Waals surface area contributed by atoms with Crippen LogP contribution in [0.25, 0.3) is 0 Å². The average molecular weight is 391 g/mol. The molecular weight excluding hydrogens is 364 g/mol. The average Bonchev–Trinajstić information content (AvgIpc) is 2.66. The Bertz CT molecular complexity index is 853. The van der Waals surface area contributed by atoms with Crippen LogP contribution in [-0.2, 0) is 27.9 Å². The molecule has 0 aliphatic rings. The topological polar surface area (TPSA) is 66.9 Å². The van der Waals surface area contributed by atoms with Crippen molar-refractivity contribution in [3.63, 3.8) is 0 Å². The molecule has 0 aliphatic carbocycles. The molecular formula is C20H26N2O4S. The van der Waals surface area contributed by atoms with Gasteiger partial charge in [-0.05, 0) is 18.6 Å². The van der Waals surface area contributed by atoms with Gasteiger partial charge in [-0.2, -0.15) is 4.31 Å². The molecule has 27 heavy (non-hydrogen) atoms. The highest BCUT2D eigenvalue weighted by Gasteiger charge is 2.24. The van der Waals surface area contributed by atoms with E-state index in [1.54, 1.807) is 17.0 Å². The molecule has 0 spiro atoms. The second-order valence-corrected chi connectivity index (χ2v) is 8.22. The van der Waals surface area contributed by atoms with Gasteiger partial charge in [0.1, 0.15) is 5.75 Å². The van der Waals surface area contributed by atoms with Gasteiger partial charge >= 0.3 is 0 Å². The lowest BCUT2D eigenvalue weighted by Gasteiger charge is -2.26. The Hall–Kier alpha value is -2.38. The number of carbonyl (C=O) groups excluding carboxylic acids is 1. The molecule has 2 aromatic carbocycles. The molecule has 0 bridgehead atoms. The number of nitrogens with zero attached hydrogens (tertiary/aromatic N) is 2. The van der Waals surface area contributed by atoms with Crippen molar-refractivity contribution in [2.45, 2.75) is 20.0 Å². The minimum Gasteiger partial charge on any atom is -0.496 e. The Kier molecular flexibility index (Phi) is 7.38. The summed E-state index contributed by atoms with van der Waals surface area (Å²) in [6.07, 6.45) is 1.11. The summed E-state index contributed by atoms with van der Waals surface area (Å²) in [5.41, 5.74) is 1.72. The minimum absolute atomic E-state index is 0.0808. The summed E-state index contributed by atoms with van der Waals surface area (Å²) in [6, 6.07) is 16.8. The van der Waals surface area contributed by atoms with E-state index in [1.165, 1.54) is 11.4 Å². The van der Waals surface area contributed by atoms with Gasteiger partial charge in [-0.1, -0.05) is 48.5 Å². The summed E-state index contributed by atoms with van der Waals surface area (Å²) in [4.78, 5) is 14.4. The molecule has 0 heterocycles. The molecule has 0 aromatic heterocycles. The van der Waals surface area contributed by atoms with Gasteiger partial charge < -0.3 is 9.64 Å². The monoisotopic (exact) mass is 390 g/mol. The standard InChI is InChI=1S/C20H26N2O4S/c1-4-21(14-17-10-6-5-7-11-17)20(23)16-22(27(3,24)25)15-18-12-8-9-13-19(18)26-2/h5-13H,4,14-16H2,1-3H3. The Morgan fingerprint density at radius 1 is 1.00 bits per heavy atom. The second-order valence-electron chi connectivity index (χ2n) is 6.24. The zero-order valence-electron chi connectivity index (χ0n) is 16.0. The predicted octanol–water partition coefficient (Wildman–Crippen LogP) is 2.51. The van der Waals surface area contributed by atoms with Crippen LogP contribution in [0, 0.1) is 0 Å². The number of para-hydroxylation sites is 1. The maximum atomic E-state index is 12.8. The highest BCUT2D eigenvalue weighted by atomic mass is 32.2. The van der Waals surface area contributed by atoms with Crippen molar-refractivity contribution in [1.29, 1.82) is 0 Å². The van der Waals surface area contributed by atoms with Crippen LogP contribution in [-0.4, -0.2) is 50.0 Å². The van der Waals surface area contributed by atoms with E-state index in [2.05, 4.69) is 0 Å². The van der Waals surface area contributed by atoms with Crippen LogP contribution in [0.15, 0.2) is 54.6 Å². The maximum Gasteiger partial charge on any atom is 0.238 e. The van der Waals surface area contributed by atoms with Crippen molar-refractivity contribution in [1.82, 2.24) is 9.21 Å². The first-order chi connectivity index (χ1) is 12.8. The van der Waals surface area contributed by atoms with Crippen molar-refractivity contribution in [2.24, 2.45) is 0 Å². The fourth-order valence-corrected chi connectivity index (χ4v) is 3.46. The van der Waals surface area contributed by atoms with Gasteiger partial charge in [0.2, 0.25) is 15.9 Å². The molecule has 7 heteroatoms. The largest absolute Gasteiger partial charge is 0.496 e. The van der Waals surface area contributed by atoms with E-state index in [-0.39, 0.29) is 19.0 Å². The number of amides is 1. The zero-order chi connectivity index (χ0) is 19.9. The number of ether oxygens (including phenoxy) is 1. The molecule has 0 saturated heterocycles. The zero-order valence-corrected chi connectivity index (χ0v) is 16.8. The number of carbonyl (C=O) groups is 1. The Balaban J connectivity index is 2.16. The lowest BCUT2D eigenvalue weighted by Crippen LogP contribution is -2.42. The molecule has 0 atom stereocenters. The lowest BCUT2D eigenvalue weighted by atomic mass is 10.2. The van der Waals surface area contributed by atoms with Gasteiger partial charge in [0.05, 0.1) is 19.9 Å². The van der Waals surface area contributed by atoms with E-state index in [0.717, 1.165) is 11.8 Å². The number of benzene rings is 2. The van der Waals surface area contributed by atoms with Crippen LogP contribution in [0.2, 0.25) is 0 Å². The number of hydrogen-bond acceptors (Lipinski definition) is 4. The first-order valence-electron chi connectivity index (χ1n) is 8.73. The van der Waals surface area contributed by atoms with Crippen molar-refractivity contribution in [2.75, 3.05) is 26.5 Å². The molecule has 2 rings (SSSR count). The van der Waals surface area contributed by atoms with E-state index >= 15 is 0 Å². The van der Waals surface area contributed by atoms with E-state index in [9.17, 15) is 13.2 Å². The van der Waals surface area contributed by atoms with Gasteiger partial charge in [0, 0.05) is 25.2 Å². The summed E-state index contributed by atoms with van der Waals surface area (Å²) in [6.45, 7) is 2.70. The molecule has 0 unspecified atom stereocenters. The SMILES string of the molecule is CCN(Cc1ccccc1)C(=O)CN(Cc1ccccc1OC)S(C)(=O)=O. The molecule has 0 radical (unpaired) electrons. The van der Waals surface area contributed by atoms with Gasteiger partial charge in [-0.25, -0.2) is 8.42 Å². The highest BCUT2D eigenvalue weighted by molar-refractivity contribution is 7.88. The summed E-state index contributed by atoms with van der Waals surface area (Å²) >= 11 is 0. The fraction of sp³-hybridized carbons (Fsp3) is 0.350. The summed E-state index contributed by atoms with van der Waals surface area (Å²) in [5, 5.41) is 0. The third kappa shape index (κ3) is 6.08. The summed E-state index contributed by atoms with van der Waals surface area (Å²) < 4.78 is 31.0. The van der Waals surface area contributed by atoms with Gasteiger partial charge in [0.15, 0.2) is 0 Å². The van der Waals surface area contributed by atoms with Crippen LogP contribution < -0.4 is 4.74 Å². The Morgan fingerprint density at radius 2 is 1.63 bits per heavy atom. The van der Waals surface area contributed by atoms with Crippen LogP contribution in [0.4, 0.5) is 0 Å². The van der Waals surface area contributed by atoms with Gasteiger partial charge in [0.25, 0.3) is 0 Å². The first kappa shape index (κ1) is 20.9. The number of hydrogen-bond donors (Lipinski definition) is 0. The fourth-order valence-electron chi connectivity index (χ4n) is 2.74. The van der Waals surface area contributed by atoms with Crippen LogP contribution in [0.3, 0.4) is 0 Å². The van der Waals surface area contributed by atoms with Gasteiger partial charge in [-0.3, -0.25) is 4.79 Å². The molecule has 6 nitrogen and oxygen atoms in total.